The Labute approximate surface area is 165 Å². The number of nitrogens with one attached hydrogen (secondary N) is 2. The summed E-state index contributed by atoms with van der Waals surface area (Å²) in [6.45, 7) is 2.02. The molecule has 4 N–H and O–H groups in total. The fourth-order valence-electron chi connectivity index (χ4n) is 2.12. The van der Waals surface area contributed by atoms with Crippen LogP contribution in [0.2, 0.25) is 0 Å². The first-order valence-corrected chi connectivity index (χ1v) is 9.07. The molecule has 1 aromatic heterocycles. The summed E-state index contributed by atoms with van der Waals surface area (Å²) in [5, 5.41) is 15.6. The first kappa shape index (κ1) is 21.4. The van der Waals surface area contributed by atoms with Gasteiger partial charge in [0.2, 0.25) is 10.0 Å². The van der Waals surface area contributed by atoms with Crippen LogP contribution in [0, 0.1) is 0 Å². The summed E-state index contributed by atoms with van der Waals surface area (Å²) in [5.74, 6) is 0.650. The van der Waals surface area contributed by atoms with Crippen LogP contribution in [0.4, 0.5) is 0 Å². The lowest BCUT2D eigenvalue weighted by Crippen LogP contribution is -2.37. The molecule has 1 aromatic carbocycles. The predicted octanol–water partition coefficient (Wildman–Crippen LogP) is 0.904. The summed E-state index contributed by atoms with van der Waals surface area (Å²) in [4.78, 5) is 4.24. The standard InChI is InChI=1S/C15H22N6O2S.HI/c1-17-15(18-7-3-9-21-10-4-8-20-21)19-12-13-5-2-6-14(11-13)24(16,22)23;/h2,4-6,8,10-11H,3,7,9,12H2,1H3,(H2,16,22,23)(H2,17,18,19);1H. The van der Waals surface area contributed by atoms with Crippen LogP contribution in [0.15, 0.2) is 52.6 Å². The molecule has 2 aromatic rings. The van der Waals surface area contributed by atoms with E-state index < -0.39 is 10.0 Å². The van der Waals surface area contributed by atoms with Gasteiger partial charge in [-0.1, -0.05) is 12.1 Å². The van der Waals surface area contributed by atoms with Crippen molar-refractivity contribution in [2.45, 2.75) is 24.4 Å². The monoisotopic (exact) mass is 478 g/mol. The zero-order chi connectivity index (χ0) is 17.4. The van der Waals surface area contributed by atoms with E-state index in [0.29, 0.717) is 12.5 Å². The predicted molar refractivity (Wildman–Crippen MR) is 108 cm³/mol. The van der Waals surface area contributed by atoms with Crippen LogP contribution in [0.25, 0.3) is 0 Å². The Bertz CT molecular complexity index is 777. The van der Waals surface area contributed by atoms with Crippen molar-refractivity contribution >= 4 is 40.0 Å². The molecule has 0 spiro atoms. The van der Waals surface area contributed by atoms with E-state index in [1.54, 1.807) is 25.4 Å². The minimum Gasteiger partial charge on any atom is -0.356 e. The fraction of sp³-hybridized carbons (Fsp3) is 0.333. The summed E-state index contributed by atoms with van der Waals surface area (Å²) < 4.78 is 24.6. The second-order valence-corrected chi connectivity index (χ2v) is 6.73. The third-order valence-electron chi connectivity index (χ3n) is 3.33. The second kappa shape index (κ2) is 10.4. The minimum atomic E-state index is -3.69. The van der Waals surface area contributed by atoms with Crippen LogP contribution in [0.5, 0.6) is 0 Å². The number of guanidine groups is 1. The molecule has 0 bridgehead atoms. The van der Waals surface area contributed by atoms with Crippen LogP contribution in [0.1, 0.15) is 12.0 Å². The number of nitrogens with zero attached hydrogens (tertiary/aromatic N) is 3. The van der Waals surface area contributed by atoms with Gasteiger partial charge in [-0.3, -0.25) is 9.67 Å². The number of primary sulfonamides is 1. The topological polar surface area (TPSA) is 114 Å². The van der Waals surface area contributed by atoms with E-state index in [1.165, 1.54) is 6.07 Å². The van der Waals surface area contributed by atoms with Crippen molar-refractivity contribution in [3.05, 3.63) is 48.3 Å². The minimum absolute atomic E-state index is 0. The van der Waals surface area contributed by atoms with Crippen LogP contribution in [0.3, 0.4) is 0 Å². The molecule has 0 radical (unpaired) electrons. The Kier molecular flexibility index (Phi) is 8.86. The molecule has 25 heavy (non-hydrogen) atoms. The number of nitrogens with two attached hydrogens (primary N) is 1. The molecular weight excluding hydrogens is 455 g/mol. The fourth-order valence-corrected chi connectivity index (χ4v) is 2.70. The molecule has 0 saturated carbocycles. The number of rotatable bonds is 7. The van der Waals surface area contributed by atoms with Gasteiger partial charge in [0, 0.05) is 39.1 Å². The lowest BCUT2D eigenvalue weighted by Gasteiger charge is -2.12. The van der Waals surface area contributed by atoms with Crippen LogP contribution in [-0.4, -0.2) is 37.8 Å². The van der Waals surface area contributed by atoms with E-state index in [4.69, 9.17) is 5.14 Å². The van der Waals surface area contributed by atoms with Crippen molar-refractivity contribution in [2.75, 3.05) is 13.6 Å². The molecule has 0 saturated heterocycles. The number of aliphatic imine (C=N–C) groups is 1. The molecule has 0 aliphatic carbocycles. The maximum Gasteiger partial charge on any atom is 0.238 e. The summed E-state index contributed by atoms with van der Waals surface area (Å²) in [5.41, 5.74) is 0.806. The van der Waals surface area contributed by atoms with Gasteiger partial charge in [0.05, 0.1) is 4.90 Å². The molecule has 1 heterocycles. The number of aryl methyl sites for hydroxylation is 1. The van der Waals surface area contributed by atoms with E-state index in [1.807, 2.05) is 23.0 Å². The van der Waals surface area contributed by atoms with E-state index >= 15 is 0 Å². The van der Waals surface area contributed by atoms with Gasteiger partial charge in [0.15, 0.2) is 5.96 Å². The van der Waals surface area contributed by atoms with Gasteiger partial charge in [-0.2, -0.15) is 5.10 Å². The summed E-state index contributed by atoms with van der Waals surface area (Å²) in [6, 6.07) is 8.40. The zero-order valence-electron chi connectivity index (χ0n) is 13.9. The van der Waals surface area contributed by atoms with Gasteiger partial charge in [-0.25, -0.2) is 13.6 Å². The van der Waals surface area contributed by atoms with Crippen molar-refractivity contribution < 1.29 is 8.42 Å². The maximum absolute atomic E-state index is 11.4. The highest BCUT2D eigenvalue weighted by molar-refractivity contribution is 14.0. The summed E-state index contributed by atoms with van der Waals surface area (Å²) in [6.07, 6.45) is 4.58. The normalized spacial score (nSPS) is 11.7. The number of aromatic nitrogens is 2. The molecule has 0 amide bonds. The quantitative estimate of drug-likeness (QED) is 0.237. The Balaban J connectivity index is 0.00000312. The van der Waals surface area contributed by atoms with Crippen LogP contribution in [-0.2, 0) is 23.1 Å². The SMILES string of the molecule is CN=C(NCCCn1cccn1)NCc1cccc(S(N)(=O)=O)c1.I. The Morgan fingerprint density at radius 2 is 2.12 bits per heavy atom. The molecule has 0 atom stereocenters. The number of sulfonamides is 1. The highest BCUT2D eigenvalue weighted by Gasteiger charge is 2.08. The van der Waals surface area contributed by atoms with Crippen molar-refractivity contribution in [3.8, 4) is 0 Å². The van der Waals surface area contributed by atoms with Crippen molar-refractivity contribution in [2.24, 2.45) is 10.1 Å². The number of benzene rings is 1. The molecule has 2 rings (SSSR count). The zero-order valence-corrected chi connectivity index (χ0v) is 17.1. The van der Waals surface area contributed by atoms with Gasteiger partial charge in [-0.15, -0.1) is 24.0 Å². The third-order valence-corrected chi connectivity index (χ3v) is 4.24. The Morgan fingerprint density at radius 3 is 2.76 bits per heavy atom. The molecule has 10 heteroatoms. The third kappa shape index (κ3) is 7.40. The Hall–Kier alpha value is -1.66. The number of hydrogen-bond donors (Lipinski definition) is 3. The van der Waals surface area contributed by atoms with Crippen molar-refractivity contribution in [1.29, 1.82) is 0 Å². The molecule has 0 unspecified atom stereocenters. The smallest absolute Gasteiger partial charge is 0.238 e. The maximum atomic E-state index is 11.4. The average Bonchev–Trinajstić information content (AvgIpc) is 3.07. The van der Waals surface area contributed by atoms with E-state index in [2.05, 4.69) is 20.7 Å². The van der Waals surface area contributed by atoms with Gasteiger partial charge in [0.1, 0.15) is 0 Å². The number of halogens is 1. The van der Waals surface area contributed by atoms with Gasteiger partial charge < -0.3 is 10.6 Å². The molecule has 0 aliphatic rings. The van der Waals surface area contributed by atoms with Gasteiger partial charge >= 0.3 is 0 Å². The number of hydrogen-bond acceptors (Lipinski definition) is 4. The van der Waals surface area contributed by atoms with Crippen LogP contribution >= 0.6 is 24.0 Å². The van der Waals surface area contributed by atoms with Crippen molar-refractivity contribution in [1.82, 2.24) is 20.4 Å². The van der Waals surface area contributed by atoms with E-state index in [0.717, 1.165) is 25.1 Å². The molecule has 0 fully saturated rings. The lowest BCUT2D eigenvalue weighted by molar-refractivity contribution is 0.570. The highest BCUT2D eigenvalue weighted by Crippen LogP contribution is 2.09. The Morgan fingerprint density at radius 1 is 1.32 bits per heavy atom. The molecule has 138 valence electrons. The highest BCUT2D eigenvalue weighted by atomic mass is 127. The lowest BCUT2D eigenvalue weighted by atomic mass is 10.2. The average molecular weight is 478 g/mol. The largest absolute Gasteiger partial charge is 0.356 e. The molecule has 8 nitrogen and oxygen atoms in total. The van der Waals surface area contributed by atoms with E-state index in [-0.39, 0.29) is 28.9 Å². The van der Waals surface area contributed by atoms with Gasteiger partial charge in [0.25, 0.3) is 0 Å². The van der Waals surface area contributed by atoms with Gasteiger partial charge in [-0.05, 0) is 30.2 Å². The molecule has 0 aliphatic heterocycles. The van der Waals surface area contributed by atoms with E-state index in [9.17, 15) is 8.42 Å². The van der Waals surface area contributed by atoms with Crippen LogP contribution < -0.4 is 15.8 Å². The first-order chi connectivity index (χ1) is 11.5. The molecular formula is C15H23IN6O2S. The summed E-state index contributed by atoms with van der Waals surface area (Å²) >= 11 is 0. The van der Waals surface area contributed by atoms with Crippen molar-refractivity contribution in [3.63, 3.8) is 0 Å². The first-order valence-electron chi connectivity index (χ1n) is 7.53. The second-order valence-electron chi connectivity index (χ2n) is 5.17. The summed E-state index contributed by atoms with van der Waals surface area (Å²) in [7, 11) is -2.01.